The molecule has 5 aromatic heterocycles. The zero-order valence-corrected chi connectivity index (χ0v) is 22.3. The van der Waals surface area contributed by atoms with Crippen molar-refractivity contribution in [1.29, 1.82) is 0 Å². The largest absolute Gasteiger partial charge is 0.454 e. The molecule has 10 aromatic rings. The summed E-state index contributed by atoms with van der Waals surface area (Å²) in [5, 5.41) is 2.23. The zero-order chi connectivity index (χ0) is 26.8. The van der Waals surface area contributed by atoms with E-state index in [9.17, 15) is 0 Å². The minimum atomic E-state index is -0.0726. The Balaban J connectivity index is 1.32. The van der Waals surface area contributed by atoms with Gasteiger partial charge in [-0.15, -0.1) is 0 Å². The van der Waals surface area contributed by atoms with Crippen LogP contribution in [0.1, 0.15) is 25.0 Å². The van der Waals surface area contributed by atoms with Gasteiger partial charge in [0.1, 0.15) is 16.6 Å². The molecule has 0 fully saturated rings. The van der Waals surface area contributed by atoms with E-state index in [1.165, 1.54) is 22.3 Å². The van der Waals surface area contributed by atoms with Crippen molar-refractivity contribution in [3.05, 3.63) is 102 Å². The lowest BCUT2D eigenvalue weighted by Crippen LogP contribution is -2.14. The molecule has 0 spiro atoms. The first kappa shape index (κ1) is 20.5. The predicted octanol–water partition coefficient (Wildman–Crippen LogP) is 8.34. The number of fused-ring (bicyclic) bond motifs is 17. The number of furan rings is 1. The van der Waals surface area contributed by atoms with Crippen LogP contribution in [0.25, 0.3) is 83.2 Å². The third-order valence-corrected chi connectivity index (χ3v) is 9.58. The molecular weight excluding hydrogens is 506 g/mol. The van der Waals surface area contributed by atoms with Crippen molar-refractivity contribution in [1.82, 2.24) is 23.2 Å². The van der Waals surface area contributed by atoms with E-state index in [-0.39, 0.29) is 5.41 Å². The summed E-state index contributed by atoms with van der Waals surface area (Å²) in [6.45, 7) is 4.65. The van der Waals surface area contributed by atoms with E-state index in [1.54, 1.807) is 0 Å². The van der Waals surface area contributed by atoms with Crippen LogP contribution < -0.4 is 0 Å². The van der Waals surface area contributed by atoms with E-state index in [0.29, 0.717) is 0 Å². The second kappa shape index (κ2) is 6.34. The highest BCUT2D eigenvalue weighted by atomic mass is 16.3. The molecule has 6 nitrogen and oxygen atoms in total. The summed E-state index contributed by atoms with van der Waals surface area (Å²) in [4.78, 5) is 10.4. The van der Waals surface area contributed by atoms with Gasteiger partial charge in [-0.25, -0.2) is 14.4 Å². The number of imidazole rings is 4. The van der Waals surface area contributed by atoms with Crippen molar-refractivity contribution < 1.29 is 4.42 Å². The van der Waals surface area contributed by atoms with Crippen molar-refractivity contribution in [2.45, 2.75) is 19.3 Å². The molecule has 1 aliphatic rings. The first-order valence-corrected chi connectivity index (χ1v) is 14.0. The second-order valence-electron chi connectivity index (χ2n) is 11.9. The first-order valence-electron chi connectivity index (χ1n) is 14.0. The van der Waals surface area contributed by atoms with Crippen LogP contribution in [-0.2, 0) is 5.41 Å². The van der Waals surface area contributed by atoms with Gasteiger partial charge in [-0.1, -0.05) is 62.4 Å². The van der Waals surface area contributed by atoms with Crippen LogP contribution in [0.2, 0.25) is 0 Å². The Morgan fingerprint density at radius 2 is 1.37 bits per heavy atom. The summed E-state index contributed by atoms with van der Waals surface area (Å²) in [5.41, 5.74) is 14.4. The van der Waals surface area contributed by atoms with Gasteiger partial charge in [-0.05, 0) is 64.7 Å². The fourth-order valence-corrected chi connectivity index (χ4v) is 7.75. The van der Waals surface area contributed by atoms with E-state index >= 15 is 0 Å². The van der Waals surface area contributed by atoms with Crippen molar-refractivity contribution in [2.75, 3.05) is 0 Å². The lowest BCUT2D eigenvalue weighted by atomic mass is 9.82. The van der Waals surface area contributed by atoms with Crippen molar-refractivity contribution in [3.63, 3.8) is 0 Å². The van der Waals surface area contributed by atoms with Gasteiger partial charge in [0.2, 0.25) is 11.6 Å². The molecule has 41 heavy (non-hydrogen) atoms. The summed E-state index contributed by atoms with van der Waals surface area (Å²) < 4.78 is 13.2. The van der Waals surface area contributed by atoms with Gasteiger partial charge in [-0.2, -0.15) is 0 Å². The van der Waals surface area contributed by atoms with E-state index in [1.807, 2.05) is 12.1 Å². The van der Waals surface area contributed by atoms with Gasteiger partial charge >= 0.3 is 0 Å². The van der Waals surface area contributed by atoms with Gasteiger partial charge in [0, 0.05) is 16.2 Å². The number of hydrogen-bond donors (Lipinski definition) is 0. The Morgan fingerprint density at radius 1 is 0.585 bits per heavy atom. The van der Waals surface area contributed by atoms with E-state index in [4.69, 9.17) is 14.4 Å². The number of benzene rings is 5. The average Bonchev–Trinajstić information content (AvgIpc) is 3.79. The van der Waals surface area contributed by atoms with Gasteiger partial charge in [0.25, 0.3) is 0 Å². The van der Waals surface area contributed by atoms with E-state index in [2.05, 4.69) is 106 Å². The number of rotatable bonds is 0. The molecule has 0 saturated carbocycles. The fourth-order valence-electron chi connectivity index (χ4n) is 7.75. The zero-order valence-electron chi connectivity index (χ0n) is 22.3. The lowest BCUT2D eigenvalue weighted by molar-refractivity contribution is 0.661. The van der Waals surface area contributed by atoms with Crippen molar-refractivity contribution in [3.8, 4) is 11.1 Å². The van der Waals surface area contributed by atoms with Crippen LogP contribution >= 0.6 is 0 Å². The van der Waals surface area contributed by atoms with Crippen LogP contribution in [0.15, 0.2) is 95.4 Å². The molecule has 0 amide bonds. The molecule has 0 unspecified atom stereocenters. The summed E-state index contributed by atoms with van der Waals surface area (Å²) in [6, 6.07) is 32.4. The molecule has 0 atom stereocenters. The molecule has 5 aromatic carbocycles. The maximum atomic E-state index is 6.46. The van der Waals surface area contributed by atoms with Gasteiger partial charge in [-0.3, -0.25) is 8.80 Å². The maximum absolute atomic E-state index is 6.46. The molecule has 0 saturated heterocycles. The summed E-state index contributed by atoms with van der Waals surface area (Å²) in [6.07, 6.45) is 0. The van der Waals surface area contributed by atoms with Crippen molar-refractivity contribution >= 4 is 72.1 Å². The molecule has 192 valence electrons. The van der Waals surface area contributed by atoms with Crippen LogP contribution in [0.5, 0.6) is 0 Å². The third-order valence-electron chi connectivity index (χ3n) is 9.58. The standard InChI is InChI=1S/C35H21N5O/c1-35(2)22-10-5-3-8-18(22)21-16-25-28(17-23(21)35)38-26-11-7-12-27-31(26)40(33(38)37-25)34-36-24-15-14-20-19-9-4-6-13-29(19)41-32(20)30(24)39(27)34/h3-17H,1-2H3. The van der Waals surface area contributed by atoms with Crippen LogP contribution in [0.4, 0.5) is 0 Å². The Kier molecular flexibility index (Phi) is 3.17. The number of nitrogens with zero attached hydrogens (tertiary/aromatic N) is 5. The molecule has 11 rings (SSSR count). The molecule has 0 radical (unpaired) electrons. The molecular formula is C35H21N5O. The topological polar surface area (TPSA) is 52.2 Å². The molecule has 1 aliphatic carbocycles. The van der Waals surface area contributed by atoms with Gasteiger partial charge in [0.05, 0.1) is 27.6 Å². The SMILES string of the molecule is CC1(C)c2ccccc2-c2cc3nc4n(c3cc21)c1cccc2c1n4c1nc3ccc4c5ccccc5oc4c3n21. The van der Waals surface area contributed by atoms with Crippen LogP contribution in [0, 0.1) is 0 Å². The van der Waals surface area contributed by atoms with Gasteiger partial charge in [0.15, 0.2) is 5.58 Å². The Bertz CT molecular complexity index is 2780. The first-order chi connectivity index (χ1) is 20.1. The Hall–Kier alpha value is -5.36. The maximum Gasteiger partial charge on any atom is 0.223 e. The molecule has 0 N–H and O–H groups in total. The smallest absolute Gasteiger partial charge is 0.223 e. The monoisotopic (exact) mass is 527 g/mol. The van der Waals surface area contributed by atoms with Crippen LogP contribution in [-0.4, -0.2) is 23.2 Å². The number of para-hydroxylation sites is 2. The van der Waals surface area contributed by atoms with E-state index < -0.39 is 0 Å². The highest BCUT2D eigenvalue weighted by molar-refractivity contribution is 6.15. The Labute approximate surface area is 232 Å². The fraction of sp³-hybridized carbons (Fsp3) is 0.0857. The minimum absolute atomic E-state index is 0.0726. The number of aromatic nitrogens is 5. The summed E-state index contributed by atoms with van der Waals surface area (Å²) in [7, 11) is 0. The summed E-state index contributed by atoms with van der Waals surface area (Å²) in [5.74, 6) is 1.73. The molecule has 6 heteroatoms. The quantitative estimate of drug-likeness (QED) is 0.199. The normalized spacial score (nSPS) is 14.8. The highest BCUT2D eigenvalue weighted by Gasteiger charge is 2.36. The van der Waals surface area contributed by atoms with Gasteiger partial charge < -0.3 is 4.42 Å². The second-order valence-corrected chi connectivity index (χ2v) is 11.9. The predicted molar refractivity (Wildman–Crippen MR) is 163 cm³/mol. The lowest BCUT2D eigenvalue weighted by Gasteiger charge is -2.21. The highest BCUT2D eigenvalue weighted by Crippen LogP contribution is 2.50. The Morgan fingerprint density at radius 3 is 2.29 bits per heavy atom. The number of hydrogen-bond acceptors (Lipinski definition) is 3. The minimum Gasteiger partial charge on any atom is -0.454 e. The average molecular weight is 528 g/mol. The molecule has 0 aliphatic heterocycles. The molecule has 5 heterocycles. The van der Waals surface area contributed by atoms with E-state index in [0.717, 1.165) is 72.1 Å². The molecule has 0 bridgehead atoms. The van der Waals surface area contributed by atoms with Crippen LogP contribution in [0.3, 0.4) is 0 Å². The summed E-state index contributed by atoms with van der Waals surface area (Å²) >= 11 is 0. The third kappa shape index (κ3) is 2.13. The van der Waals surface area contributed by atoms with Crippen molar-refractivity contribution in [2.24, 2.45) is 0 Å².